The van der Waals surface area contributed by atoms with Crippen molar-refractivity contribution in [3.05, 3.63) is 90.0 Å². The lowest BCUT2D eigenvalue weighted by atomic mass is 10.2. The predicted molar refractivity (Wildman–Crippen MR) is 131 cm³/mol. The van der Waals surface area contributed by atoms with Crippen molar-refractivity contribution in [3.8, 4) is 11.5 Å². The Hall–Kier alpha value is -4.00. The van der Waals surface area contributed by atoms with E-state index in [1.165, 1.54) is 4.90 Å². The number of carbonyl (C=O) groups excluding carboxylic acids is 2. The van der Waals surface area contributed by atoms with Crippen molar-refractivity contribution in [2.75, 3.05) is 45.9 Å². The molecule has 3 rings (SSSR count). The molecule has 7 heteroatoms. The highest BCUT2D eigenvalue weighted by Gasteiger charge is 2.17. The summed E-state index contributed by atoms with van der Waals surface area (Å²) in [5.74, 6) is 0.220. The van der Waals surface area contributed by atoms with E-state index in [-0.39, 0.29) is 24.7 Å². The molecular weight excluding hydrogens is 432 g/mol. The standard InChI is InChI=1S/C27H30N2O5/c1-28(2)22-15-13-21(14-16-22)19-29(3)26(30)20-34-27(31)24-11-7-8-12-25(24)33-18-17-32-23-9-5-4-6-10-23/h4-16H,17-20H2,1-3H3. The summed E-state index contributed by atoms with van der Waals surface area (Å²) in [4.78, 5) is 28.6. The fourth-order valence-electron chi connectivity index (χ4n) is 3.17. The van der Waals surface area contributed by atoms with Crippen LogP contribution in [0.1, 0.15) is 15.9 Å². The number of hydrogen-bond acceptors (Lipinski definition) is 6. The van der Waals surface area contributed by atoms with Crippen molar-refractivity contribution in [2.45, 2.75) is 6.54 Å². The van der Waals surface area contributed by atoms with Gasteiger partial charge in [-0.2, -0.15) is 0 Å². The highest BCUT2D eigenvalue weighted by Crippen LogP contribution is 2.19. The molecule has 0 heterocycles. The number of anilines is 1. The normalized spacial score (nSPS) is 10.3. The molecule has 0 aromatic heterocycles. The van der Waals surface area contributed by atoms with Gasteiger partial charge in [-0.15, -0.1) is 0 Å². The molecule has 0 unspecified atom stereocenters. The van der Waals surface area contributed by atoms with Crippen LogP contribution in [0.3, 0.4) is 0 Å². The minimum absolute atomic E-state index is 0.257. The number of rotatable bonds is 11. The van der Waals surface area contributed by atoms with Crippen molar-refractivity contribution in [1.82, 2.24) is 4.90 Å². The van der Waals surface area contributed by atoms with E-state index >= 15 is 0 Å². The molecule has 3 aromatic carbocycles. The van der Waals surface area contributed by atoms with Crippen LogP contribution in [0, 0.1) is 0 Å². The van der Waals surface area contributed by atoms with E-state index in [2.05, 4.69) is 0 Å². The van der Waals surface area contributed by atoms with Crippen molar-refractivity contribution in [2.24, 2.45) is 0 Å². The van der Waals surface area contributed by atoms with Crippen LogP contribution in [0.25, 0.3) is 0 Å². The molecule has 0 saturated heterocycles. The van der Waals surface area contributed by atoms with Gasteiger partial charge >= 0.3 is 5.97 Å². The third kappa shape index (κ3) is 7.27. The molecule has 0 atom stereocenters. The van der Waals surface area contributed by atoms with Gasteiger partial charge in [0, 0.05) is 33.4 Å². The number of nitrogens with zero attached hydrogens (tertiary/aromatic N) is 2. The number of ether oxygens (including phenoxy) is 3. The number of benzene rings is 3. The number of amides is 1. The number of hydrogen-bond donors (Lipinski definition) is 0. The van der Waals surface area contributed by atoms with E-state index in [1.807, 2.05) is 73.6 Å². The van der Waals surface area contributed by atoms with Gasteiger partial charge in [0.1, 0.15) is 30.3 Å². The fraction of sp³-hybridized carbons (Fsp3) is 0.259. The van der Waals surface area contributed by atoms with Crippen molar-refractivity contribution < 1.29 is 23.8 Å². The molecule has 0 N–H and O–H groups in total. The van der Waals surface area contributed by atoms with Crippen molar-refractivity contribution in [1.29, 1.82) is 0 Å². The number of esters is 1. The van der Waals surface area contributed by atoms with E-state index in [0.717, 1.165) is 17.0 Å². The second kappa shape index (κ2) is 12.3. The molecule has 0 fully saturated rings. The minimum Gasteiger partial charge on any atom is -0.490 e. The van der Waals surface area contributed by atoms with Crippen LogP contribution in [0.2, 0.25) is 0 Å². The Morgan fingerprint density at radius 3 is 2.12 bits per heavy atom. The molecule has 0 aliphatic heterocycles. The van der Waals surface area contributed by atoms with Gasteiger partial charge in [0.2, 0.25) is 0 Å². The van der Waals surface area contributed by atoms with Crippen LogP contribution >= 0.6 is 0 Å². The lowest BCUT2D eigenvalue weighted by Crippen LogP contribution is -2.30. The van der Waals surface area contributed by atoms with Gasteiger partial charge in [-0.05, 0) is 42.0 Å². The van der Waals surface area contributed by atoms with Crippen LogP contribution in [0.4, 0.5) is 5.69 Å². The number of para-hydroxylation sites is 2. The average Bonchev–Trinajstić information content (AvgIpc) is 2.86. The topological polar surface area (TPSA) is 68.3 Å². The van der Waals surface area contributed by atoms with Gasteiger partial charge in [-0.3, -0.25) is 4.79 Å². The van der Waals surface area contributed by atoms with E-state index < -0.39 is 5.97 Å². The van der Waals surface area contributed by atoms with Crippen LogP contribution < -0.4 is 14.4 Å². The van der Waals surface area contributed by atoms with Gasteiger partial charge in [0.05, 0.1) is 0 Å². The highest BCUT2D eigenvalue weighted by molar-refractivity contribution is 5.94. The van der Waals surface area contributed by atoms with Gasteiger partial charge in [-0.1, -0.05) is 42.5 Å². The van der Waals surface area contributed by atoms with Crippen molar-refractivity contribution >= 4 is 17.6 Å². The Morgan fingerprint density at radius 1 is 0.765 bits per heavy atom. The largest absolute Gasteiger partial charge is 0.490 e. The summed E-state index contributed by atoms with van der Waals surface area (Å²) in [7, 11) is 5.63. The third-order valence-electron chi connectivity index (χ3n) is 5.08. The molecule has 0 aliphatic carbocycles. The fourth-order valence-corrected chi connectivity index (χ4v) is 3.17. The lowest BCUT2D eigenvalue weighted by molar-refractivity contribution is -0.133. The summed E-state index contributed by atoms with van der Waals surface area (Å²) in [6, 6.07) is 24.1. The first kappa shape index (κ1) is 24.6. The molecule has 0 aliphatic rings. The maximum absolute atomic E-state index is 12.6. The highest BCUT2D eigenvalue weighted by atomic mass is 16.5. The van der Waals surface area contributed by atoms with Crippen LogP contribution in [-0.4, -0.2) is 57.7 Å². The molecule has 3 aromatic rings. The summed E-state index contributed by atoms with van der Waals surface area (Å²) in [6.07, 6.45) is 0. The van der Waals surface area contributed by atoms with E-state index in [0.29, 0.717) is 18.9 Å². The Morgan fingerprint density at radius 2 is 1.41 bits per heavy atom. The van der Waals surface area contributed by atoms with Gasteiger partial charge in [0.25, 0.3) is 5.91 Å². The summed E-state index contributed by atoms with van der Waals surface area (Å²) in [6.45, 7) is 0.654. The van der Waals surface area contributed by atoms with Crippen LogP contribution in [0.15, 0.2) is 78.9 Å². The van der Waals surface area contributed by atoms with Crippen LogP contribution in [-0.2, 0) is 16.1 Å². The van der Waals surface area contributed by atoms with Gasteiger partial charge in [0.15, 0.2) is 6.61 Å². The first-order chi connectivity index (χ1) is 16.4. The summed E-state index contributed by atoms with van der Waals surface area (Å²) >= 11 is 0. The Balaban J connectivity index is 1.47. The number of carbonyl (C=O) groups is 2. The molecular formula is C27H30N2O5. The summed E-state index contributed by atoms with van der Waals surface area (Å²) < 4.78 is 16.6. The lowest BCUT2D eigenvalue weighted by Gasteiger charge is -2.18. The maximum atomic E-state index is 12.6. The minimum atomic E-state index is -0.614. The Kier molecular flexibility index (Phi) is 8.91. The van der Waals surface area contributed by atoms with Gasteiger partial charge < -0.3 is 24.0 Å². The molecule has 1 amide bonds. The zero-order valence-corrected chi connectivity index (χ0v) is 19.8. The second-order valence-electron chi connectivity index (χ2n) is 7.89. The molecule has 34 heavy (non-hydrogen) atoms. The van der Waals surface area contributed by atoms with Gasteiger partial charge in [-0.25, -0.2) is 4.79 Å². The SMILES string of the molecule is CN(Cc1ccc(N(C)C)cc1)C(=O)COC(=O)c1ccccc1OCCOc1ccccc1. The summed E-state index contributed by atoms with van der Waals surface area (Å²) in [5.41, 5.74) is 2.33. The molecule has 0 spiro atoms. The summed E-state index contributed by atoms with van der Waals surface area (Å²) in [5, 5.41) is 0. The molecule has 0 bridgehead atoms. The monoisotopic (exact) mass is 462 g/mol. The molecule has 0 radical (unpaired) electrons. The zero-order valence-electron chi connectivity index (χ0n) is 19.8. The first-order valence-electron chi connectivity index (χ1n) is 11.0. The average molecular weight is 463 g/mol. The molecule has 178 valence electrons. The van der Waals surface area contributed by atoms with Crippen molar-refractivity contribution in [3.63, 3.8) is 0 Å². The Labute approximate surface area is 200 Å². The van der Waals surface area contributed by atoms with E-state index in [4.69, 9.17) is 14.2 Å². The third-order valence-corrected chi connectivity index (χ3v) is 5.08. The number of likely N-dealkylation sites (N-methyl/N-ethyl adjacent to an activating group) is 1. The smallest absolute Gasteiger partial charge is 0.342 e. The first-order valence-corrected chi connectivity index (χ1v) is 11.0. The zero-order chi connectivity index (χ0) is 24.3. The maximum Gasteiger partial charge on any atom is 0.342 e. The van der Waals surface area contributed by atoms with Crippen LogP contribution in [0.5, 0.6) is 11.5 Å². The second-order valence-corrected chi connectivity index (χ2v) is 7.89. The Bertz CT molecular complexity index is 1070. The molecule has 7 nitrogen and oxygen atoms in total. The molecule has 0 saturated carbocycles. The van der Waals surface area contributed by atoms with E-state index in [1.54, 1.807) is 31.3 Å². The van der Waals surface area contributed by atoms with E-state index in [9.17, 15) is 9.59 Å². The predicted octanol–water partition coefficient (Wildman–Crippen LogP) is 4.03. The quantitative estimate of drug-likeness (QED) is 0.317.